The van der Waals surface area contributed by atoms with Crippen molar-refractivity contribution in [3.63, 3.8) is 0 Å². The van der Waals surface area contributed by atoms with Crippen molar-refractivity contribution in [2.45, 2.75) is 39.5 Å². The van der Waals surface area contributed by atoms with E-state index in [1.54, 1.807) is 30.1 Å². The van der Waals surface area contributed by atoms with Crippen molar-refractivity contribution >= 4 is 11.5 Å². The number of Topliss-reactive ketones (excluding diaryl/α,β-unsaturated/α-hetero) is 1. The summed E-state index contributed by atoms with van der Waals surface area (Å²) in [6, 6.07) is 5.37. The molecule has 4 aromatic rings. The van der Waals surface area contributed by atoms with Crippen LogP contribution < -0.4 is 4.90 Å². The lowest BCUT2D eigenvalue weighted by Gasteiger charge is -2.36. The molecule has 43 heavy (non-hydrogen) atoms. The van der Waals surface area contributed by atoms with Crippen LogP contribution in [0.1, 0.15) is 41.2 Å². The van der Waals surface area contributed by atoms with Gasteiger partial charge in [-0.3, -0.25) is 24.6 Å². The van der Waals surface area contributed by atoms with Crippen LogP contribution in [-0.4, -0.2) is 86.1 Å². The summed E-state index contributed by atoms with van der Waals surface area (Å²) in [5, 5.41) is 8.62. The number of carbonyl (C=O) groups excluding carboxylic acids is 1. The zero-order chi connectivity index (χ0) is 30.6. The summed E-state index contributed by atoms with van der Waals surface area (Å²) in [5.41, 5.74) is 3.02. The van der Waals surface area contributed by atoms with E-state index in [4.69, 9.17) is 4.74 Å². The van der Waals surface area contributed by atoms with Gasteiger partial charge in [-0.2, -0.15) is 13.2 Å². The van der Waals surface area contributed by atoms with Crippen LogP contribution in [0.15, 0.2) is 55.2 Å². The molecule has 0 atom stereocenters. The number of anilines is 1. The largest absolute Gasteiger partial charge is 0.416 e. The molecule has 5 rings (SSSR count). The molecule has 0 unspecified atom stereocenters. The molecule has 1 aliphatic heterocycles. The van der Waals surface area contributed by atoms with Crippen molar-refractivity contribution in [3.8, 4) is 16.9 Å². The number of nitrogens with zero attached hydrogens (tertiary/aromatic N) is 8. The first-order chi connectivity index (χ1) is 20.6. The van der Waals surface area contributed by atoms with E-state index in [0.717, 1.165) is 68.9 Å². The Labute approximate surface area is 247 Å². The fraction of sp³-hybridized carbons (Fsp3) is 0.400. The van der Waals surface area contributed by atoms with Crippen LogP contribution in [0.5, 0.6) is 0 Å². The quantitative estimate of drug-likeness (QED) is 0.247. The monoisotopic (exact) mass is 594 g/mol. The third-order valence-electron chi connectivity index (χ3n) is 7.21. The van der Waals surface area contributed by atoms with Crippen LogP contribution in [0, 0.1) is 6.92 Å². The molecule has 1 fully saturated rings. The number of hydrogen-bond acceptors (Lipinski definition) is 9. The van der Waals surface area contributed by atoms with Crippen LogP contribution in [0.4, 0.5) is 18.9 Å². The number of ketones is 1. The first kappa shape index (κ1) is 30.2. The van der Waals surface area contributed by atoms with E-state index < -0.39 is 17.5 Å². The lowest BCUT2D eigenvalue weighted by atomic mass is 10.1. The van der Waals surface area contributed by atoms with Crippen LogP contribution in [0.25, 0.3) is 16.9 Å². The first-order valence-electron chi connectivity index (χ1n) is 14.1. The second-order valence-electron chi connectivity index (χ2n) is 10.7. The smallest absolute Gasteiger partial charge is 0.377 e. The zero-order valence-corrected chi connectivity index (χ0v) is 24.3. The highest BCUT2D eigenvalue weighted by molar-refractivity contribution is 5.95. The predicted molar refractivity (Wildman–Crippen MR) is 154 cm³/mol. The lowest BCUT2D eigenvalue weighted by molar-refractivity contribution is -0.137. The van der Waals surface area contributed by atoms with E-state index in [-0.39, 0.29) is 18.2 Å². The number of rotatable bonds is 10. The van der Waals surface area contributed by atoms with E-state index in [9.17, 15) is 18.0 Å². The fourth-order valence-electron chi connectivity index (χ4n) is 4.83. The minimum atomic E-state index is -4.56. The Kier molecular flexibility index (Phi) is 9.11. The Morgan fingerprint density at radius 1 is 1.05 bits per heavy atom. The summed E-state index contributed by atoms with van der Waals surface area (Å²) in [7, 11) is 0. The molecule has 1 saturated heterocycles. The summed E-state index contributed by atoms with van der Waals surface area (Å²) >= 11 is 0. The van der Waals surface area contributed by atoms with Crippen molar-refractivity contribution in [3.05, 3.63) is 77.8 Å². The van der Waals surface area contributed by atoms with Crippen molar-refractivity contribution in [2.24, 2.45) is 0 Å². The number of ether oxygens (including phenoxy) is 1. The van der Waals surface area contributed by atoms with Gasteiger partial charge in [0.15, 0.2) is 5.78 Å². The lowest BCUT2D eigenvalue weighted by Crippen LogP contribution is -2.47. The molecule has 0 aliphatic carbocycles. The highest BCUT2D eigenvalue weighted by Crippen LogP contribution is 2.29. The molecular formula is C30H33F3N8O2. The van der Waals surface area contributed by atoms with Gasteiger partial charge in [0.05, 0.1) is 47.7 Å². The first-order valence-corrected chi connectivity index (χ1v) is 14.1. The van der Waals surface area contributed by atoms with Gasteiger partial charge < -0.3 is 9.64 Å². The van der Waals surface area contributed by atoms with Gasteiger partial charge in [0.25, 0.3) is 0 Å². The van der Waals surface area contributed by atoms with E-state index in [0.29, 0.717) is 22.6 Å². The Morgan fingerprint density at radius 2 is 1.84 bits per heavy atom. The molecule has 4 aromatic heterocycles. The van der Waals surface area contributed by atoms with Gasteiger partial charge in [-0.25, -0.2) is 4.68 Å². The Balaban J connectivity index is 1.27. The van der Waals surface area contributed by atoms with Gasteiger partial charge in [-0.15, -0.1) is 5.10 Å². The number of halogens is 3. The average molecular weight is 595 g/mol. The van der Waals surface area contributed by atoms with Crippen molar-refractivity contribution in [1.82, 2.24) is 34.8 Å². The van der Waals surface area contributed by atoms with E-state index >= 15 is 0 Å². The molecule has 1 aliphatic rings. The van der Waals surface area contributed by atoms with Crippen LogP contribution in [0.2, 0.25) is 0 Å². The maximum Gasteiger partial charge on any atom is 0.416 e. The van der Waals surface area contributed by atoms with E-state index in [1.807, 2.05) is 26.1 Å². The number of hydrogen-bond donors (Lipinski definition) is 0. The standard InChI is InChI=1S/C30H33F3N8O2/c1-20(2)43-11-10-39-6-8-40(9-7-39)25-14-23(17-34-18-25)27-19-41(38-37-27)28-12-22(16-36-21(28)3)13-29(42)26-15-24(4-5-35-26)30(31,32)33/h4-5,12,14-20H,6-11,13H2,1-3H3. The van der Waals surface area contributed by atoms with Crippen molar-refractivity contribution in [2.75, 3.05) is 44.2 Å². The molecule has 226 valence electrons. The fourth-order valence-corrected chi connectivity index (χ4v) is 4.83. The molecule has 0 saturated carbocycles. The minimum Gasteiger partial charge on any atom is -0.377 e. The molecule has 10 nitrogen and oxygen atoms in total. The summed E-state index contributed by atoms with van der Waals surface area (Å²) in [5.74, 6) is -0.547. The highest BCUT2D eigenvalue weighted by atomic mass is 19.4. The molecule has 0 N–H and O–H groups in total. The van der Waals surface area contributed by atoms with Gasteiger partial charge in [0.1, 0.15) is 11.4 Å². The summed E-state index contributed by atoms with van der Waals surface area (Å²) < 4.78 is 46.5. The van der Waals surface area contributed by atoms with Gasteiger partial charge in [0, 0.05) is 63.3 Å². The van der Waals surface area contributed by atoms with Gasteiger partial charge >= 0.3 is 6.18 Å². The topological polar surface area (TPSA) is 102 Å². The molecule has 5 heterocycles. The number of pyridine rings is 3. The van der Waals surface area contributed by atoms with Crippen LogP contribution in [0.3, 0.4) is 0 Å². The highest BCUT2D eigenvalue weighted by Gasteiger charge is 2.31. The average Bonchev–Trinajstić information content (AvgIpc) is 3.48. The number of carbonyl (C=O) groups is 1. The molecule has 0 spiro atoms. The Morgan fingerprint density at radius 3 is 2.58 bits per heavy atom. The number of aryl methyl sites for hydroxylation is 1. The van der Waals surface area contributed by atoms with E-state index in [2.05, 4.69) is 35.1 Å². The molecule has 0 radical (unpaired) electrons. The number of alkyl halides is 3. The second kappa shape index (κ2) is 13.0. The second-order valence-corrected chi connectivity index (χ2v) is 10.7. The maximum absolute atomic E-state index is 13.1. The third kappa shape index (κ3) is 7.59. The SMILES string of the molecule is Cc1ncc(CC(=O)c2cc(C(F)(F)F)ccn2)cc1-n1cc(-c2cncc(N3CCN(CCOC(C)C)CC3)c2)nn1. The predicted octanol–water partition coefficient (Wildman–Crippen LogP) is 4.42. The van der Waals surface area contributed by atoms with Gasteiger partial charge in [0.2, 0.25) is 0 Å². The minimum absolute atomic E-state index is 0.167. The molecule has 0 amide bonds. The summed E-state index contributed by atoms with van der Waals surface area (Å²) in [4.78, 5) is 30.1. The van der Waals surface area contributed by atoms with Gasteiger partial charge in [-0.05, 0) is 50.6 Å². The van der Waals surface area contributed by atoms with Crippen molar-refractivity contribution < 1.29 is 22.7 Å². The Bertz CT molecular complexity index is 1570. The van der Waals surface area contributed by atoms with Crippen LogP contribution >= 0.6 is 0 Å². The molecule has 0 aromatic carbocycles. The zero-order valence-electron chi connectivity index (χ0n) is 24.3. The number of aromatic nitrogens is 6. The summed E-state index contributed by atoms with van der Waals surface area (Å²) in [6.45, 7) is 11.2. The Hall–Kier alpha value is -4.23. The maximum atomic E-state index is 13.1. The van der Waals surface area contributed by atoms with Gasteiger partial charge in [-0.1, -0.05) is 5.21 Å². The van der Waals surface area contributed by atoms with Crippen LogP contribution in [-0.2, 0) is 17.3 Å². The normalized spacial score (nSPS) is 14.4. The van der Waals surface area contributed by atoms with E-state index in [1.165, 1.54) is 6.20 Å². The summed E-state index contributed by atoms with van der Waals surface area (Å²) in [6.07, 6.45) is 3.36. The molecule has 13 heteroatoms. The molecule has 0 bridgehead atoms. The van der Waals surface area contributed by atoms with Crippen molar-refractivity contribution in [1.29, 1.82) is 0 Å². The molecular weight excluding hydrogens is 561 g/mol. The third-order valence-corrected chi connectivity index (χ3v) is 7.21. The number of piperazine rings is 1.